The minimum atomic E-state index is -0.730. The molecule has 7 nitrogen and oxygen atoms in total. The molecule has 0 saturated carbocycles. The fourth-order valence-electron chi connectivity index (χ4n) is 5.35. The van der Waals surface area contributed by atoms with Crippen molar-refractivity contribution >= 4 is 17.7 Å². The summed E-state index contributed by atoms with van der Waals surface area (Å²) in [6.45, 7) is 2.14. The van der Waals surface area contributed by atoms with Crippen molar-refractivity contribution in [1.82, 2.24) is 15.1 Å². The number of nitrogens with one attached hydrogen (secondary N) is 1. The van der Waals surface area contributed by atoms with Gasteiger partial charge in [-0.25, -0.2) is 8.78 Å². The fraction of sp³-hybridized carbons (Fsp3) is 0.385. The molecule has 35 heavy (non-hydrogen) atoms. The summed E-state index contributed by atoms with van der Waals surface area (Å²) in [6, 6.07) is 8.56. The van der Waals surface area contributed by atoms with Gasteiger partial charge in [-0.2, -0.15) is 5.26 Å². The van der Waals surface area contributed by atoms with Gasteiger partial charge in [0.25, 0.3) is 5.91 Å². The quantitative estimate of drug-likeness (QED) is 0.682. The fourth-order valence-corrected chi connectivity index (χ4v) is 5.35. The Morgan fingerprint density at radius 1 is 1.06 bits per heavy atom. The molecule has 0 aliphatic carbocycles. The van der Waals surface area contributed by atoms with Gasteiger partial charge in [-0.15, -0.1) is 0 Å². The SMILES string of the molecule is N#Cc1cc(F)ccc1CN1CCC(c2cc3c(cc2F)C(=O)N(C2CCC(=O)NC2=O)C3)CC1. The summed E-state index contributed by atoms with van der Waals surface area (Å²) in [6.07, 6.45) is 1.86. The zero-order valence-electron chi connectivity index (χ0n) is 19.0. The van der Waals surface area contributed by atoms with E-state index in [4.69, 9.17) is 0 Å². The van der Waals surface area contributed by atoms with Gasteiger partial charge in [-0.1, -0.05) is 12.1 Å². The van der Waals surface area contributed by atoms with E-state index < -0.39 is 23.6 Å². The van der Waals surface area contributed by atoms with Gasteiger partial charge < -0.3 is 4.90 Å². The molecule has 3 heterocycles. The largest absolute Gasteiger partial charge is 0.322 e. The van der Waals surface area contributed by atoms with Crippen LogP contribution in [0.25, 0.3) is 0 Å². The molecule has 0 bridgehead atoms. The molecule has 3 aliphatic rings. The maximum absolute atomic E-state index is 15.1. The van der Waals surface area contributed by atoms with Crippen molar-refractivity contribution in [1.29, 1.82) is 5.26 Å². The molecule has 1 N–H and O–H groups in total. The van der Waals surface area contributed by atoms with Gasteiger partial charge >= 0.3 is 0 Å². The first-order valence-corrected chi connectivity index (χ1v) is 11.7. The summed E-state index contributed by atoms with van der Waals surface area (Å²) >= 11 is 0. The Morgan fingerprint density at radius 2 is 1.83 bits per heavy atom. The maximum atomic E-state index is 15.1. The molecule has 2 fully saturated rings. The van der Waals surface area contributed by atoms with Gasteiger partial charge in [0.2, 0.25) is 11.8 Å². The third-order valence-corrected chi connectivity index (χ3v) is 7.25. The summed E-state index contributed by atoms with van der Waals surface area (Å²) < 4.78 is 28.5. The van der Waals surface area contributed by atoms with Crippen LogP contribution in [0.2, 0.25) is 0 Å². The number of fused-ring (bicyclic) bond motifs is 1. The van der Waals surface area contributed by atoms with Crippen LogP contribution in [-0.4, -0.2) is 46.7 Å². The second-order valence-corrected chi connectivity index (χ2v) is 9.39. The number of carbonyl (C=O) groups excluding carboxylic acids is 3. The number of carbonyl (C=O) groups is 3. The number of benzene rings is 2. The molecule has 2 aromatic carbocycles. The lowest BCUT2D eigenvalue weighted by Gasteiger charge is -2.32. The Labute approximate surface area is 201 Å². The number of piperidine rings is 2. The van der Waals surface area contributed by atoms with Crippen molar-refractivity contribution in [2.24, 2.45) is 0 Å². The van der Waals surface area contributed by atoms with Crippen LogP contribution >= 0.6 is 0 Å². The van der Waals surface area contributed by atoms with E-state index in [9.17, 15) is 24.0 Å². The van der Waals surface area contributed by atoms with Crippen LogP contribution in [0.4, 0.5) is 8.78 Å². The number of amides is 3. The van der Waals surface area contributed by atoms with E-state index in [-0.39, 0.29) is 42.7 Å². The summed E-state index contributed by atoms with van der Waals surface area (Å²) in [7, 11) is 0. The third-order valence-electron chi connectivity index (χ3n) is 7.25. The second kappa shape index (κ2) is 9.19. The van der Waals surface area contributed by atoms with Gasteiger partial charge in [0, 0.05) is 25.1 Å². The number of rotatable bonds is 4. The minimum absolute atomic E-state index is 0.0139. The molecular formula is C26H24F2N4O3. The van der Waals surface area contributed by atoms with E-state index in [2.05, 4.69) is 10.2 Å². The Morgan fingerprint density at radius 3 is 2.54 bits per heavy atom. The number of nitrogens with zero attached hydrogens (tertiary/aromatic N) is 3. The van der Waals surface area contributed by atoms with E-state index in [1.165, 1.54) is 23.1 Å². The standard InChI is InChI=1S/C26H24F2N4O3/c27-19-2-1-16(17(9-19)12-29)13-31-7-5-15(6-8-31)20-10-18-14-32(26(35)21(18)11-22(20)28)23-3-4-24(33)30-25(23)34/h1-2,9-11,15,23H,3-8,13-14H2,(H,30,33,34). The highest BCUT2D eigenvalue weighted by Gasteiger charge is 2.40. The van der Waals surface area contributed by atoms with Gasteiger partial charge in [-0.3, -0.25) is 24.6 Å². The number of hydrogen-bond donors (Lipinski definition) is 1. The van der Waals surface area contributed by atoms with Gasteiger partial charge in [0.05, 0.1) is 11.6 Å². The molecule has 0 aromatic heterocycles. The van der Waals surface area contributed by atoms with Gasteiger partial charge in [0.1, 0.15) is 17.7 Å². The summed E-state index contributed by atoms with van der Waals surface area (Å²) in [5, 5.41) is 11.5. The first-order valence-electron chi connectivity index (χ1n) is 11.7. The van der Waals surface area contributed by atoms with Crippen molar-refractivity contribution < 1.29 is 23.2 Å². The maximum Gasteiger partial charge on any atom is 0.255 e. The Kier molecular flexibility index (Phi) is 6.07. The molecule has 180 valence electrons. The minimum Gasteiger partial charge on any atom is -0.322 e. The highest BCUT2D eigenvalue weighted by molar-refractivity contribution is 6.05. The number of nitriles is 1. The zero-order valence-corrected chi connectivity index (χ0v) is 19.0. The molecule has 1 atom stereocenters. The lowest BCUT2D eigenvalue weighted by atomic mass is 9.87. The molecular weight excluding hydrogens is 454 g/mol. The van der Waals surface area contributed by atoms with Crippen LogP contribution in [0.1, 0.15) is 64.2 Å². The summed E-state index contributed by atoms with van der Waals surface area (Å²) in [4.78, 5) is 40.2. The van der Waals surface area contributed by atoms with Crippen molar-refractivity contribution in [3.63, 3.8) is 0 Å². The predicted molar refractivity (Wildman–Crippen MR) is 121 cm³/mol. The van der Waals surface area contributed by atoms with Crippen molar-refractivity contribution in [2.45, 2.75) is 50.7 Å². The molecule has 5 rings (SSSR count). The Hall–Kier alpha value is -3.64. The Balaban J connectivity index is 1.27. The molecule has 0 spiro atoms. The number of imide groups is 1. The highest BCUT2D eigenvalue weighted by Crippen LogP contribution is 2.35. The van der Waals surface area contributed by atoms with Crippen molar-refractivity contribution in [2.75, 3.05) is 13.1 Å². The Bertz CT molecular complexity index is 1260. The topological polar surface area (TPSA) is 93.5 Å². The monoisotopic (exact) mass is 478 g/mol. The lowest BCUT2D eigenvalue weighted by Crippen LogP contribution is -2.52. The zero-order chi connectivity index (χ0) is 24.7. The van der Waals surface area contributed by atoms with Crippen molar-refractivity contribution in [3.8, 4) is 6.07 Å². The first-order chi connectivity index (χ1) is 16.8. The third kappa shape index (κ3) is 4.42. The van der Waals surface area contributed by atoms with Gasteiger partial charge in [-0.05, 0) is 73.2 Å². The first kappa shape index (κ1) is 23.1. The van der Waals surface area contributed by atoms with E-state index in [0.717, 1.165) is 5.56 Å². The summed E-state index contributed by atoms with van der Waals surface area (Å²) in [5.74, 6) is -2.10. The van der Waals surface area contributed by atoms with Crippen LogP contribution in [0, 0.1) is 23.0 Å². The molecule has 3 aliphatic heterocycles. The molecule has 2 saturated heterocycles. The highest BCUT2D eigenvalue weighted by atomic mass is 19.1. The van der Waals surface area contributed by atoms with Crippen LogP contribution in [0.15, 0.2) is 30.3 Å². The molecule has 9 heteroatoms. The molecule has 1 unspecified atom stereocenters. The number of halogens is 2. The van der Waals surface area contributed by atoms with E-state index in [1.54, 1.807) is 12.1 Å². The normalized spacial score (nSPS) is 21.1. The van der Waals surface area contributed by atoms with E-state index in [1.807, 2.05) is 6.07 Å². The molecule has 0 radical (unpaired) electrons. The van der Waals surface area contributed by atoms with Crippen LogP contribution in [-0.2, 0) is 22.7 Å². The van der Waals surface area contributed by atoms with Crippen molar-refractivity contribution in [3.05, 3.63) is 69.8 Å². The smallest absolute Gasteiger partial charge is 0.255 e. The van der Waals surface area contributed by atoms with Crippen LogP contribution in [0.3, 0.4) is 0 Å². The van der Waals surface area contributed by atoms with E-state index in [0.29, 0.717) is 49.2 Å². The lowest BCUT2D eigenvalue weighted by molar-refractivity contribution is -0.136. The number of likely N-dealkylation sites (tertiary alicyclic amines) is 1. The summed E-state index contributed by atoms with van der Waals surface area (Å²) in [5.41, 5.74) is 2.63. The average Bonchev–Trinajstić information content (AvgIpc) is 3.15. The predicted octanol–water partition coefficient (Wildman–Crippen LogP) is 2.98. The average molecular weight is 478 g/mol. The van der Waals surface area contributed by atoms with Gasteiger partial charge in [0.15, 0.2) is 0 Å². The molecule has 3 amide bonds. The number of hydrogen-bond acceptors (Lipinski definition) is 5. The second-order valence-electron chi connectivity index (χ2n) is 9.39. The molecule has 2 aromatic rings. The van der Waals surface area contributed by atoms with Crippen LogP contribution in [0.5, 0.6) is 0 Å². The van der Waals surface area contributed by atoms with Crippen LogP contribution < -0.4 is 5.32 Å². The van der Waals surface area contributed by atoms with E-state index >= 15 is 4.39 Å².